The van der Waals surface area contributed by atoms with Gasteiger partial charge in [0.15, 0.2) is 27.3 Å². The second-order valence-electron chi connectivity index (χ2n) is 9.73. The molecule has 2 aromatic carbocycles. The standard InChI is InChI=1S/C26H25ClF3NO7S/c1-2-7-37-25(33)38-13-26(34)11-15-3-4-16(12-26)23(15)39(35,36)21-8-14(5-6-18(21)27)24(32)31-17-9-19(28)22(30)20(29)10-17/h2,5-6,8-10,15-16,23,34H,1,3-4,7,11-13H2,(H,31,32)/t15-,16?,23+,26+/m0/s1. The number of halogens is 4. The van der Waals surface area contributed by atoms with Crippen LogP contribution in [-0.2, 0) is 19.3 Å². The third-order valence-electron chi connectivity index (χ3n) is 7.00. The van der Waals surface area contributed by atoms with E-state index in [2.05, 4.69) is 11.9 Å². The molecule has 13 heteroatoms. The molecule has 2 N–H and O–H groups in total. The molecule has 1 amide bonds. The Labute approximate surface area is 227 Å². The van der Waals surface area contributed by atoms with Crippen molar-refractivity contribution in [1.29, 1.82) is 0 Å². The van der Waals surface area contributed by atoms with Crippen molar-refractivity contribution in [3.8, 4) is 0 Å². The van der Waals surface area contributed by atoms with Gasteiger partial charge in [-0.15, -0.1) is 0 Å². The van der Waals surface area contributed by atoms with Crippen LogP contribution in [0.4, 0.5) is 23.7 Å². The fourth-order valence-corrected chi connectivity index (χ4v) is 8.31. The third kappa shape index (κ3) is 6.07. The fraction of sp³-hybridized carbons (Fsp3) is 0.385. The molecule has 2 fully saturated rings. The lowest BCUT2D eigenvalue weighted by atomic mass is 9.77. The number of anilines is 1. The maximum absolute atomic E-state index is 13.8. The molecule has 0 saturated heterocycles. The Kier molecular flexibility index (Phi) is 8.29. The van der Waals surface area contributed by atoms with Crippen molar-refractivity contribution in [3.05, 3.63) is 71.0 Å². The molecule has 2 bridgehead atoms. The lowest BCUT2D eigenvalue weighted by molar-refractivity contribution is -0.0743. The molecule has 8 nitrogen and oxygen atoms in total. The van der Waals surface area contributed by atoms with E-state index in [9.17, 15) is 36.3 Å². The van der Waals surface area contributed by atoms with E-state index in [4.69, 9.17) is 21.1 Å². The largest absolute Gasteiger partial charge is 0.508 e. The Morgan fingerprint density at radius 2 is 1.72 bits per heavy atom. The third-order valence-corrected chi connectivity index (χ3v) is 9.88. The van der Waals surface area contributed by atoms with Crippen LogP contribution in [-0.4, -0.2) is 49.7 Å². The summed E-state index contributed by atoms with van der Waals surface area (Å²) in [4.78, 5) is 24.1. The predicted molar refractivity (Wildman–Crippen MR) is 135 cm³/mol. The predicted octanol–water partition coefficient (Wildman–Crippen LogP) is 5.04. The topological polar surface area (TPSA) is 119 Å². The number of carbonyl (C=O) groups is 2. The SMILES string of the molecule is C=CCOC(=O)OC[C@]1(O)CC2CC[C@@H](C1)[C@H]2S(=O)(=O)c1cc(C(=O)Nc2cc(F)c(F)c(F)c2)ccc1Cl. The van der Waals surface area contributed by atoms with Crippen molar-refractivity contribution >= 4 is 39.2 Å². The van der Waals surface area contributed by atoms with Gasteiger partial charge in [-0.25, -0.2) is 26.4 Å². The van der Waals surface area contributed by atoms with E-state index in [0.29, 0.717) is 25.0 Å². The molecule has 0 radical (unpaired) electrons. The number of rotatable bonds is 8. The van der Waals surface area contributed by atoms with Gasteiger partial charge in [-0.1, -0.05) is 24.3 Å². The molecule has 210 valence electrons. The van der Waals surface area contributed by atoms with Gasteiger partial charge in [0.1, 0.15) is 13.2 Å². The van der Waals surface area contributed by atoms with E-state index in [1.165, 1.54) is 18.2 Å². The molecule has 0 aromatic heterocycles. The van der Waals surface area contributed by atoms with Crippen molar-refractivity contribution in [1.82, 2.24) is 0 Å². The zero-order valence-corrected chi connectivity index (χ0v) is 22.0. The number of sulfone groups is 1. The first-order valence-electron chi connectivity index (χ1n) is 12.0. The molecule has 0 spiro atoms. The van der Waals surface area contributed by atoms with Crippen LogP contribution in [0.3, 0.4) is 0 Å². The molecule has 4 rings (SSSR count). The second-order valence-corrected chi connectivity index (χ2v) is 12.2. The lowest BCUT2D eigenvalue weighted by Gasteiger charge is -2.40. The van der Waals surface area contributed by atoms with E-state index in [0.717, 1.165) is 6.07 Å². The van der Waals surface area contributed by atoms with Crippen LogP contribution in [0.2, 0.25) is 5.02 Å². The maximum atomic E-state index is 13.8. The van der Waals surface area contributed by atoms with Gasteiger partial charge in [0.2, 0.25) is 0 Å². The van der Waals surface area contributed by atoms with Crippen LogP contribution < -0.4 is 5.32 Å². The molecule has 4 atom stereocenters. The first kappa shape index (κ1) is 28.9. The van der Waals surface area contributed by atoms with Crippen molar-refractivity contribution in [2.45, 2.75) is 41.4 Å². The number of aliphatic hydroxyl groups is 1. The Balaban J connectivity index is 1.52. The first-order chi connectivity index (χ1) is 18.3. The van der Waals surface area contributed by atoms with Crippen LogP contribution in [0.25, 0.3) is 0 Å². The molecule has 2 aromatic rings. The van der Waals surface area contributed by atoms with Crippen LogP contribution in [0, 0.1) is 29.3 Å². The van der Waals surface area contributed by atoms with Crippen LogP contribution in [0.5, 0.6) is 0 Å². The first-order valence-corrected chi connectivity index (χ1v) is 13.9. The number of hydrogen-bond donors (Lipinski definition) is 2. The maximum Gasteiger partial charge on any atom is 0.508 e. The van der Waals surface area contributed by atoms with E-state index in [1.807, 2.05) is 0 Å². The van der Waals surface area contributed by atoms with Crippen LogP contribution >= 0.6 is 11.6 Å². The number of benzene rings is 2. The van der Waals surface area contributed by atoms with Gasteiger partial charge in [0.05, 0.1) is 20.8 Å². The van der Waals surface area contributed by atoms with Gasteiger partial charge < -0.3 is 19.9 Å². The smallest absolute Gasteiger partial charge is 0.431 e. The molecule has 2 aliphatic rings. The molecular weight excluding hydrogens is 563 g/mol. The summed E-state index contributed by atoms with van der Waals surface area (Å²) < 4.78 is 77.6. The summed E-state index contributed by atoms with van der Waals surface area (Å²) in [6.07, 6.45) is 1.52. The summed E-state index contributed by atoms with van der Waals surface area (Å²) in [5, 5.41) is 12.2. The van der Waals surface area contributed by atoms with E-state index < -0.39 is 62.0 Å². The average molecular weight is 588 g/mol. The van der Waals surface area contributed by atoms with Gasteiger partial charge in [0.25, 0.3) is 5.91 Å². The van der Waals surface area contributed by atoms with Gasteiger partial charge in [-0.05, 0) is 55.7 Å². The molecule has 0 heterocycles. The summed E-state index contributed by atoms with van der Waals surface area (Å²) in [5.74, 6) is -6.53. The van der Waals surface area contributed by atoms with Gasteiger partial charge >= 0.3 is 6.16 Å². The summed E-state index contributed by atoms with van der Waals surface area (Å²) >= 11 is 6.24. The second kappa shape index (κ2) is 11.2. The highest BCUT2D eigenvalue weighted by Crippen LogP contribution is 2.51. The quantitative estimate of drug-likeness (QED) is 0.252. The van der Waals surface area contributed by atoms with Crippen molar-refractivity contribution in [2.75, 3.05) is 18.5 Å². The number of carbonyl (C=O) groups excluding carboxylic acids is 2. The van der Waals surface area contributed by atoms with Crippen molar-refractivity contribution < 1.29 is 45.8 Å². The van der Waals surface area contributed by atoms with Crippen molar-refractivity contribution in [2.24, 2.45) is 11.8 Å². The van der Waals surface area contributed by atoms with E-state index >= 15 is 0 Å². The number of fused-ring (bicyclic) bond motifs is 2. The molecule has 1 unspecified atom stereocenters. The number of amides is 1. The Morgan fingerprint density at radius 1 is 1.10 bits per heavy atom. The molecule has 39 heavy (non-hydrogen) atoms. The minimum Gasteiger partial charge on any atom is -0.431 e. The summed E-state index contributed by atoms with van der Waals surface area (Å²) in [7, 11) is -4.11. The van der Waals surface area contributed by atoms with Crippen molar-refractivity contribution in [3.63, 3.8) is 0 Å². The Bertz CT molecular complexity index is 1380. The van der Waals surface area contributed by atoms with Gasteiger partial charge in [-0.3, -0.25) is 4.79 Å². The Hall–Kier alpha value is -3.09. The Morgan fingerprint density at radius 3 is 2.31 bits per heavy atom. The van der Waals surface area contributed by atoms with E-state index in [1.54, 1.807) is 0 Å². The zero-order chi connectivity index (χ0) is 28.5. The normalized spacial score (nSPS) is 24.2. The highest BCUT2D eigenvalue weighted by Gasteiger charge is 2.54. The number of hydrogen-bond acceptors (Lipinski definition) is 7. The molecular formula is C26H25ClF3NO7S. The van der Waals surface area contributed by atoms with Gasteiger partial charge in [0, 0.05) is 23.4 Å². The summed E-state index contributed by atoms with van der Waals surface area (Å²) in [6.45, 7) is 3.00. The average Bonchev–Trinajstić information content (AvgIpc) is 3.18. The molecule has 2 aliphatic carbocycles. The highest BCUT2D eigenvalue weighted by atomic mass is 35.5. The zero-order valence-electron chi connectivity index (χ0n) is 20.5. The number of ether oxygens (including phenoxy) is 2. The van der Waals surface area contributed by atoms with Gasteiger partial charge in [-0.2, -0.15) is 0 Å². The minimum atomic E-state index is -4.11. The molecule has 0 aliphatic heterocycles. The van der Waals surface area contributed by atoms with E-state index in [-0.39, 0.29) is 47.2 Å². The lowest BCUT2D eigenvalue weighted by Crippen LogP contribution is -2.48. The minimum absolute atomic E-state index is 0.0572. The highest BCUT2D eigenvalue weighted by molar-refractivity contribution is 7.92. The fourth-order valence-electron chi connectivity index (χ4n) is 5.46. The summed E-state index contributed by atoms with van der Waals surface area (Å²) in [5.41, 5.74) is -1.96. The van der Waals surface area contributed by atoms with Crippen LogP contribution in [0.1, 0.15) is 36.0 Å². The monoisotopic (exact) mass is 587 g/mol. The van der Waals surface area contributed by atoms with Crippen LogP contribution in [0.15, 0.2) is 47.9 Å². The summed E-state index contributed by atoms with van der Waals surface area (Å²) in [6, 6.07) is 4.71. The molecule has 2 saturated carbocycles. The number of nitrogens with one attached hydrogen (secondary N) is 1.